The zero-order chi connectivity index (χ0) is 90.6. The maximum Gasteiger partial charge on any atom is 0.314 e. The highest BCUT2D eigenvalue weighted by Crippen LogP contribution is 2.10. The fraction of sp³-hybridized carbons (Fsp3) is 0.915. The van der Waals surface area contributed by atoms with E-state index in [1.54, 1.807) is 0 Å². The lowest BCUT2D eigenvalue weighted by molar-refractivity contribution is 0.164. The molecule has 16 amide bonds. The zero-order valence-electron chi connectivity index (χ0n) is 81.1. The van der Waals surface area contributed by atoms with Gasteiger partial charge in [-0.15, -0.1) is 0 Å². The third kappa shape index (κ3) is 84.1. The van der Waals surface area contributed by atoms with Gasteiger partial charge in [0.1, 0.15) is 0 Å². The summed E-state index contributed by atoms with van der Waals surface area (Å²) in [7, 11) is 0. The van der Waals surface area contributed by atoms with Crippen molar-refractivity contribution in [2.24, 2.45) is 0 Å². The van der Waals surface area contributed by atoms with Crippen LogP contribution >= 0.6 is 0 Å². The monoisotopic (exact) mass is 1760 g/mol. The summed E-state index contributed by atoms with van der Waals surface area (Å²) in [6.45, 7) is 42.2. The lowest BCUT2D eigenvalue weighted by atomic mass is 10.2. The van der Waals surface area contributed by atoms with Gasteiger partial charge in [-0.3, -0.25) is 0 Å². The largest absolute Gasteiger partial charge is 0.338 e. The number of hydrogen-bond acceptors (Lipinski definition) is 14. The molecule has 0 aromatic rings. The second-order valence-electron chi connectivity index (χ2n) is 34.2. The Morgan fingerprint density at radius 3 is 0.331 bits per heavy atom. The fourth-order valence-corrected chi connectivity index (χ4v) is 14.9. The zero-order valence-corrected chi connectivity index (χ0v) is 81.1. The smallest absolute Gasteiger partial charge is 0.314 e. The van der Waals surface area contributed by atoms with Crippen LogP contribution in [0.3, 0.4) is 0 Å². The summed E-state index contributed by atoms with van der Waals surface area (Å²) in [5, 5.41) is 49.3. The van der Waals surface area contributed by atoms with E-state index < -0.39 is 0 Å². The quantitative estimate of drug-likeness (QED) is 0.0252. The van der Waals surface area contributed by atoms with E-state index in [-0.39, 0.29) is 48.2 Å². The van der Waals surface area contributed by atoms with Crippen molar-refractivity contribution < 1.29 is 38.4 Å². The van der Waals surface area contributed by atoms with Gasteiger partial charge in [0.05, 0.1) is 0 Å². The Morgan fingerprint density at radius 2 is 0.218 bits per heavy atom. The summed E-state index contributed by atoms with van der Waals surface area (Å²) in [5.74, 6) is 0. The summed E-state index contributed by atoms with van der Waals surface area (Å²) in [4.78, 5) is 119. The number of urea groups is 8. The third-order valence-corrected chi connectivity index (χ3v) is 22.5. The van der Waals surface area contributed by atoms with Crippen LogP contribution < -0.4 is 85.1 Å². The third-order valence-electron chi connectivity index (χ3n) is 22.5. The van der Waals surface area contributed by atoms with Gasteiger partial charge in [-0.05, 0) is 233 Å². The molecule has 0 spiro atoms. The maximum absolute atomic E-state index is 12.9. The molecule has 30 nitrogen and oxygen atoms in total. The summed E-state index contributed by atoms with van der Waals surface area (Å²) in [6, 6.07) is -0.997. The molecule has 0 saturated carbocycles. The first-order valence-electron chi connectivity index (χ1n) is 51.1. The first-order chi connectivity index (χ1) is 60.7. The normalized spacial score (nSPS) is 11.4. The van der Waals surface area contributed by atoms with E-state index in [0.29, 0.717) is 105 Å². The molecule has 0 bridgehead atoms. The van der Waals surface area contributed by atoms with Crippen LogP contribution in [-0.2, 0) is 0 Å². The van der Waals surface area contributed by atoms with E-state index in [4.69, 9.17) is 0 Å². The molecule has 0 aromatic heterocycles. The average Bonchev–Trinajstić information content (AvgIpc) is 0.930. The van der Waals surface area contributed by atoms with Crippen LogP contribution in [0.2, 0.25) is 0 Å². The van der Waals surface area contributed by atoms with Crippen LogP contribution in [0.1, 0.15) is 338 Å². The topological polar surface area (TPSA) is 348 Å². The van der Waals surface area contributed by atoms with Crippen molar-refractivity contribution in [3.8, 4) is 0 Å². The Labute approximate surface area is 757 Å². The van der Waals surface area contributed by atoms with Gasteiger partial charge in [0, 0.05) is 118 Å². The molecule has 30 heteroatoms. The first-order valence-corrected chi connectivity index (χ1v) is 51.1. The fourth-order valence-electron chi connectivity index (χ4n) is 14.9. The highest BCUT2D eigenvalue weighted by atomic mass is 16.2. The first kappa shape index (κ1) is 118. The van der Waals surface area contributed by atoms with Crippen LogP contribution in [0.25, 0.3) is 0 Å². The van der Waals surface area contributed by atoms with E-state index in [2.05, 4.69) is 170 Å². The van der Waals surface area contributed by atoms with Gasteiger partial charge in [0.15, 0.2) is 0 Å². The van der Waals surface area contributed by atoms with Crippen LogP contribution in [-0.4, -0.2) is 300 Å². The molecule has 0 aromatic carbocycles. The molecule has 0 aliphatic rings. The number of carbonyl (C=O) groups excluding carboxylic acids is 8. The predicted octanol–water partition coefficient (Wildman–Crippen LogP) is 14.5. The van der Waals surface area contributed by atoms with E-state index in [0.717, 1.165) is 400 Å². The van der Waals surface area contributed by atoms with Gasteiger partial charge in [-0.1, -0.05) is 209 Å². The van der Waals surface area contributed by atoms with E-state index >= 15 is 0 Å². The van der Waals surface area contributed by atoms with Crippen molar-refractivity contribution in [2.45, 2.75) is 338 Å². The minimum absolute atomic E-state index is 0.125. The molecule has 0 saturated heterocycles. The number of amides is 16. The number of unbranched alkanes of at least 4 members (excludes halogenated alkanes) is 24. The van der Waals surface area contributed by atoms with Gasteiger partial charge < -0.3 is 114 Å². The van der Waals surface area contributed by atoms with Gasteiger partial charge in [-0.2, -0.15) is 0 Å². The predicted molar refractivity (Wildman–Crippen MR) is 518 cm³/mol. The molecule has 0 atom stereocenters. The lowest BCUT2D eigenvalue weighted by Gasteiger charge is -2.31. The van der Waals surface area contributed by atoms with Crippen molar-refractivity contribution in [2.75, 3.05) is 223 Å². The Balaban J connectivity index is 7.62. The summed E-state index contributed by atoms with van der Waals surface area (Å²) in [5.41, 5.74) is 0. The summed E-state index contributed by atoms with van der Waals surface area (Å²) >= 11 is 0. The second kappa shape index (κ2) is 93.1. The lowest BCUT2D eigenvalue weighted by Crippen LogP contribution is -2.42. The van der Waals surface area contributed by atoms with E-state index in [1.807, 2.05) is 0 Å². The maximum atomic E-state index is 12.9. The average molecular weight is 1760 g/mol. The van der Waals surface area contributed by atoms with Crippen molar-refractivity contribution >= 4 is 48.2 Å². The Bertz CT molecular complexity index is 1980. The van der Waals surface area contributed by atoms with Gasteiger partial charge in [0.25, 0.3) is 0 Å². The van der Waals surface area contributed by atoms with Crippen molar-refractivity contribution in [1.29, 1.82) is 0 Å². The highest BCUT2D eigenvalue weighted by Gasteiger charge is 2.18. The molecule has 0 aliphatic carbocycles. The van der Waals surface area contributed by atoms with Crippen molar-refractivity contribution in [3.05, 3.63) is 0 Å². The van der Waals surface area contributed by atoms with Crippen LogP contribution in [0, 0.1) is 0 Å². The SMILES string of the molecule is CCCCCCNC(=O)NCCCN(CCCNC(=O)NCCCCCC)CCCN(CCCN(CCCNC(=O)NCCCCCC)CCCNC(=O)NCCCCCC)CCN(CCCN(CCCNC(=O)NCCCCCC)CCCNC(=O)NCCCCCC)CCCN(CCCNC(=O)NCCCCCC)CCCNC(=O)NCCCCCC. The number of nitrogens with zero attached hydrogens (tertiary/aromatic N) is 6. The number of nitrogens with one attached hydrogen (secondary N) is 16. The Morgan fingerprint density at radius 1 is 0.121 bits per heavy atom. The van der Waals surface area contributed by atoms with Crippen LogP contribution in [0.4, 0.5) is 38.4 Å². The molecule has 0 fully saturated rings. The molecule has 0 unspecified atom stereocenters. The molecule has 124 heavy (non-hydrogen) atoms. The minimum Gasteiger partial charge on any atom is -0.338 e. The van der Waals surface area contributed by atoms with Gasteiger partial charge in [0.2, 0.25) is 0 Å². The minimum atomic E-state index is -0.125. The number of rotatable bonds is 91. The molecular weight excluding hydrogens is 1570 g/mol. The van der Waals surface area contributed by atoms with Gasteiger partial charge in [-0.25, -0.2) is 38.4 Å². The van der Waals surface area contributed by atoms with Crippen molar-refractivity contribution in [1.82, 2.24) is 114 Å². The molecule has 0 heterocycles. The molecular formula is C94H196N22O8. The summed E-state index contributed by atoms with van der Waals surface area (Å²) < 4.78 is 0. The number of hydrogen-bond donors (Lipinski definition) is 16. The molecule has 0 rings (SSSR count). The molecule has 0 radical (unpaired) electrons. The van der Waals surface area contributed by atoms with E-state index in [1.165, 1.54) is 0 Å². The highest BCUT2D eigenvalue weighted by molar-refractivity contribution is 5.76. The molecule has 0 aliphatic heterocycles. The van der Waals surface area contributed by atoms with Crippen LogP contribution in [0.15, 0.2) is 0 Å². The molecule has 730 valence electrons. The van der Waals surface area contributed by atoms with Gasteiger partial charge >= 0.3 is 48.2 Å². The second-order valence-corrected chi connectivity index (χ2v) is 34.2. The van der Waals surface area contributed by atoms with Crippen molar-refractivity contribution in [3.63, 3.8) is 0 Å². The number of carbonyl (C=O) groups is 8. The Kier molecular flexibility index (Phi) is 88.5. The summed E-state index contributed by atoms with van der Waals surface area (Å²) in [6.07, 6.45) is 44.9. The standard InChI is InChI=1S/C94H196N22O8/c1-9-17-25-33-53-95-87(117)103-61-41-69-111(70-42-62-104-88(118)96-54-34-26-18-10-2)77-49-81-115(82-50-78-112(71-43-63-105-89(119)97-55-35-27-19-11-3)72-44-64-106-90(120)98-56-36-28-20-12-4)85-86-116(83-51-79-113(73-45-65-107-91(121)99-57-37-29-21-13-5)74-46-66-108-92(122)100-58-38-30-22-14-6)84-52-80-114(75-47-67-109-93(123)101-59-39-31-23-15-7)76-48-68-110-94(124)102-60-40-32-24-16-8/h9-86H2,1-8H3,(H2,95,103,117)(H2,96,104,118)(H2,97,105,119)(H2,98,106,120)(H2,99,107,121)(H2,100,108,122)(H2,101,109,123)(H2,102,110,124). The molecule has 16 N–H and O–H groups in total. The van der Waals surface area contributed by atoms with E-state index in [9.17, 15) is 38.4 Å². The Hall–Kier alpha value is -6.08. The van der Waals surface area contributed by atoms with Crippen LogP contribution in [0.5, 0.6) is 0 Å².